The largest absolute Gasteiger partial charge is 0.372 e. The molecule has 0 saturated heterocycles. The van der Waals surface area contributed by atoms with Crippen molar-refractivity contribution in [1.29, 1.82) is 0 Å². The Morgan fingerprint density at radius 2 is 2.05 bits per heavy atom. The van der Waals surface area contributed by atoms with Crippen molar-refractivity contribution < 1.29 is 8.42 Å². The van der Waals surface area contributed by atoms with Crippen molar-refractivity contribution in [2.24, 2.45) is 5.73 Å². The first-order valence-corrected chi connectivity index (χ1v) is 7.96. The highest BCUT2D eigenvalue weighted by Gasteiger charge is 2.29. The molecule has 1 aliphatic rings. The molecule has 19 heavy (non-hydrogen) atoms. The highest BCUT2D eigenvalue weighted by molar-refractivity contribution is 7.89. The lowest BCUT2D eigenvalue weighted by atomic mass is 10.2. The molecule has 0 bridgehead atoms. The Morgan fingerprint density at radius 3 is 2.63 bits per heavy atom. The summed E-state index contributed by atoms with van der Waals surface area (Å²) >= 11 is 0. The van der Waals surface area contributed by atoms with E-state index in [0.717, 1.165) is 12.8 Å². The third-order valence-electron chi connectivity index (χ3n) is 3.03. The van der Waals surface area contributed by atoms with E-state index < -0.39 is 10.0 Å². The van der Waals surface area contributed by atoms with Crippen molar-refractivity contribution in [3.05, 3.63) is 24.3 Å². The molecule has 1 aromatic carbocycles. The van der Waals surface area contributed by atoms with E-state index in [2.05, 4.69) is 4.72 Å². The Labute approximate surface area is 114 Å². The van der Waals surface area contributed by atoms with Crippen LogP contribution in [0.3, 0.4) is 0 Å². The highest BCUT2D eigenvalue weighted by Crippen LogP contribution is 2.27. The minimum absolute atomic E-state index is 0.0165. The summed E-state index contributed by atoms with van der Waals surface area (Å²) in [5.41, 5.74) is 6.46. The third kappa shape index (κ3) is 3.68. The van der Waals surface area contributed by atoms with Gasteiger partial charge in [-0.2, -0.15) is 0 Å². The first-order chi connectivity index (χ1) is 8.90. The normalized spacial score (nSPS) is 17.2. The second-order valence-corrected chi connectivity index (χ2v) is 6.90. The number of sulfonamides is 1. The number of nitrogens with zero attached hydrogens (tertiary/aromatic N) is 1. The average Bonchev–Trinajstić information content (AvgIpc) is 3.11. The summed E-state index contributed by atoms with van der Waals surface area (Å²) in [5, 5.41) is 0. The summed E-state index contributed by atoms with van der Waals surface area (Å²) in [4.78, 5) is 2.21. The zero-order valence-corrected chi connectivity index (χ0v) is 12.2. The molecule has 1 atom stereocenters. The SMILES string of the molecule is CC(N)CN(C)c1ccccc1S(=O)(=O)NC1CC1. The maximum atomic E-state index is 12.3. The van der Waals surface area contributed by atoms with Crippen LogP contribution in [0.25, 0.3) is 0 Å². The number of benzene rings is 1. The molecule has 1 saturated carbocycles. The van der Waals surface area contributed by atoms with Gasteiger partial charge >= 0.3 is 0 Å². The molecule has 0 aliphatic heterocycles. The molecule has 0 aromatic heterocycles. The molecule has 1 aliphatic carbocycles. The maximum Gasteiger partial charge on any atom is 0.242 e. The summed E-state index contributed by atoms with van der Waals surface area (Å²) in [6.45, 7) is 2.51. The van der Waals surface area contributed by atoms with Crippen molar-refractivity contribution in [2.75, 3.05) is 18.5 Å². The van der Waals surface area contributed by atoms with Gasteiger partial charge in [0.25, 0.3) is 0 Å². The van der Waals surface area contributed by atoms with Crippen molar-refractivity contribution in [1.82, 2.24) is 4.72 Å². The van der Waals surface area contributed by atoms with Crippen molar-refractivity contribution >= 4 is 15.7 Å². The number of rotatable bonds is 6. The monoisotopic (exact) mass is 283 g/mol. The van der Waals surface area contributed by atoms with Crippen molar-refractivity contribution in [3.8, 4) is 0 Å². The van der Waals surface area contributed by atoms with Gasteiger partial charge in [0, 0.05) is 25.7 Å². The molecule has 0 spiro atoms. The summed E-state index contributed by atoms with van der Waals surface area (Å²) in [6, 6.07) is 7.11. The molecule has 106 valence electrons. The van der Waals surface area contributed by atoms with Crippen LogP contribution in [-0.2, 0) is 10.0 Å². The molecule has 1 unspecified atom stereocenters. The highest BCUT2D eigenvalue weighted by atomic mass is 32.2. The van der Waals surface area contributed by atoms with Gasteiger partial charge in [-0.1, -0.05) is 12.1 Å². The Bertz CT molecular complexity index is 539. The van der Waals surface area contributed by atoms with Crippen molar-refractivity contribution in [2.45, 2.75) is 36.7 Å². The maximum absolute atomic E-state index is 12.3. The number of nitrogens with two attached hydrogens (primary N) is 1. The molecule has 1 fully saturated rings. The number of hydrogen-bond acceptors (Lipinski definition) is 4. The zero-order chi connectivity index (χ0) is 14.0. The van der Waals surface area contributed by atoms with E-state index in [1.54, 1.807) is 12.1 Å². The fourth-order valence-electron chi connectivity index (χ4n) is 2.01. The van der Waals surface area contributed by atoms with E-state index in [4.69, 9.17) is 5.73 Å². The molecular formula is C13H21N3O2S. The topological polar surface area (TPSA) is 75.4 Å². The molecule has 0 amide bonds. The zero-order valence-electron chi connectivity index (χ0n) is 11.3. The minimum atomic E-state index is -3.44. The quantitative estimate of drug-likeness (QED) is 0.814. The van der Waals surface area contributed by atoms with Crippen LogP contribution in [0, 0.1) is 0 Å². The fraction of sp³-hybridized carbons (Fsp3) is 0.538. The van der Waals surface area contributed by atoms with Crippen LogP contribution >= 0.6 is 0 Å². The van der Waals surface area contributed by atoms with Crippen LogP contribution in [0.15, 0.2) is 29.2 Å². The van der Waals surface area contributed by atoms with Gasteiger partial charge < -0.3 is 10.6 Å². The third-order valence-corrected chi connectivity index (χ3v) is 4.59. The molecule has 3 N–H and O–H groups in total. The number of likely N-dealkylation sites (N-methyl/N-ethyl adjacent to an activating group) is 1. The second-order valence-electron chi connectivity index (χ2n) is 5.22. The van der Waals surface area contributed by atoms with Gasteiger partial charge in [0.1, 0.15) is 4.90 Å². The predicted molar refractivity (Wildman–Crippen MR) is 76.7 cm³/mol. The van der Waals surface area contributed by atoms with Gasteiger partial charge in [0.05, 0.1) is 5.69 Å². The molecule has 0 radical (unpaired) electrons. The average molecular weight is 283 g/mol. The Morgan fingerprint density at radius 1 is 1.42 bits per heavy atom. The Kier molecular flexibility index (Phi) is 4.13. The molecule has 1 aromatic rings. The van der Waals surface area contributed by atoms with E-state index in [-0.39, 0.29) is 12.1 Å². The van der Waals surface area contributed by atoms with Gasteiger partial charge in [-0.25, -0.2) is 13.1 Å². The minimum Gasteiger partial charge on any atom is -0.372 e. The number of hydrogen-bond donors (Lipinski definition) is 2. The van der Waals surface area contributed by atoms with Gasteiger partial charge in [-0.05, 0) is 31.9 Å². The van der Waals surface area contributed by atoms with E-state index in [1.165, 1.54) is 0 Å². The summed E-state index contributed by atoms with van der Waals surface area (Å²) in [5.74, 6) is 0. The van der Waals surface area contributed by atoms with Crippen LogP contribution in [0.1, 0.15) is 19.8 Å². The smallest absolute Gasteiger partial charge is 0.242 e. The number of para-hydroxylation sites is 1. The van der Waals surface area contributed by atoms with E-state index >= 15 is 0 Å². The van der Waals surface area contributed by atoms with Crippen molar-refractivity contribution in [3.63, 3.8) is 0 Å². The molecule has 0 heterocycles. The molecule has 5 nitrogen and oxygen atoms in total. The molecule has 2 rings (SSSR count). The first-order valence-electron chi connectivity index (χ1n) is 6.48. The lowest BCUT2D eigenvalue weighted by molar-refractivity contribution is 0.580. The van der Waals surface area contributed by atoms with Gasteiger partial charge in [0.15, 0.2) is 0 Å². The van der Waals surface area contributed by atoms with Crippen LogP contribution in [0.5, 0.6) is 0 Å². The van der Waals surface area contributed by atoms with Crippen LogP contribution in [0.2, 0.25) is 0 Å². The fourth-order valence-corrected chi connectivity index (χ4v) is 3.57. The second kappa shape index (κ2) is 5.48. The Hall–Kier alpha value is -1.11. The standard InChI is InChI=1S/C13H21N3O2S/c1-10(14)9-16(2)12-5-3-4-6-13(12)19(17,18)15-11-7-8-11/h3-6,10-11,15H,7-9,14H2,1-2H3. The van der Waals surface area contributed by atoms with Gasteiger partial charge in [0.2, 0.25) is 10.0 Å². The number of nitrogens with one attached hydrogen (secondary N) is 1. The summed E-state index contributed by atoms with van der Waals surface area (Å²) < 4.78 is 27.4. The molecule has 6 heteroatoms. The van der Waals surface area contributed by atoms with E-state index in [0.29, 0.717) is 17.1 Å². The Balaban J connectivity index is 2.29. The van der Waals surface area contributed by atoms with Gasteiger partial charge in [-0.15, -0.1) is 0 Å². The van der Waals surface area contributed by atoms with E-state index in [9.17, 15) is 8.42 Å². The molecular weight excluding hydrogens is 262 g/mol. The van der Waals surface area contributed by atoms with Crippen LogP contribution in [0.4, 0.5) is 5.69 Å². The predicted octanol–water partition coefficient (Wildman–Crippen LogP) is 0.911. The number of anilines is 1. The van der Waals surface area contributed by atoms with Crippen LogP contribution in [-0.4, -0.2) is 34.1 Å². The first kappa shape index (κ1) is 14.3. The lowest BCUT2D eigenvalue weighted by Crippen LogP contribution is -2.34. The summed E-state index contributed by atoms with van der Waals surface area (Å²) in [6.07, 6.45) is 1.86. The van der Waals surface area contributed by atoms with Gasteiger partial charge in [-0.3, -0.25) is 0 Å². The lowest BCUT2D eigenvalue weighted by Gasteiger charge is -2.24. The van der Waals surface area contributed by atoms with E-state index in [1.807, 2.05) is 31.0 Å². The van der Waals surface area contributed by atoms with Crippen LogP contribution < -0.4 is 15.4 Å². The summed E-state index contributed by atoms with van der Waals surface area (Å²) in [7, 11) is -1.58.